The average molecular weight is 407 g/mol. The Hall–Kier alpha value is 1.00. The lowest BCUT2D eigenvalue weighted by molar-refractivity contribution is 0.538. The molecule has 3 heteroatoms. The molecule has 0 aliphatic carbocycles. The van der Waals surface area contributed by atoms with E-state index in [0.29, 0.717) is 0 Å². The number of unbranched alkanes of at least 4 members (excludes halogenated alkanes) is 16. The first-order valence-corrected chi connectivity index (χ1v) is 15.8. The quantitative estimate of drug-likeness (QED) is 0.119. The van der Waals surface area contributed by atoms with Crippen molar-refractivity contribution in [1.29, 1.82) is 0 Å². The van der Waals surface area contributed by atoms with Crippen molar-refractivity contribution in [2.24, 2.45) is 0 Å². The molecular weight excluding hydrogens is 359 g/mol. The van der Waals surface area contributed by atoms with Gasteiger partial charge in [0.1, 0.15) is 0 Å². The molecule has 0 heterocycles. The third-order valence-electron chi connectivity index (χ3n) is 5.22. The van der Waals surface area contributed by atoms with Crippen LogP contribution in [0.5, 0.6) is 0 Å². The van der Waals surface area contributed by atoms with Crippen LogP contribution in [0, 0.1) is 0 Å². The first-order chi connectivity index (χ1) is 12.1. The molecule has 0 aromatic rings. The number of hydrogen-bond acceptors (Lipinski definition) is 1. The number of rotatable bonds is 20. The standard InChI is InChI=1S/C22H47PS2/c1-3-5-7-9-10-11-12-13-14-15-16-17-18-20-22-23(24,25)21-19-8-6-4-2/h3-22H2,1-2H3,(H,24,25). The molecule has 0 rings (SSSR count). The van der Waals surface area contributed by atoms with Gasteiger partial charge in [-0.25, -0.2) is 0 Å². The number of hydrogen-bond donors (Lipinski definition) is 1. The Kier molecular flexibility index (Phi) is 20.5. The van der Waals surface area contributed by atoms with Gasteiger partial charge in [0, 0.05) is 5.24 Å². The maximum absolute atomic E-state index is 5.76. The van der Waals surface area contributed by atoms with Crippen LogP contribution in [0.3, 0.4) is 0 Å². The highest BCUT2D eigenvalue weighted by Crippen LogP contribution is 2.52. The molecule has 0 aliphatic rings. The first kappa shape index (κ1) is 26.0. The summed E-state index contributed by atoms with van der Waals surface area (Å²) < 4.78 is 0. The summed E-state index contributed by atoms with van der Waals surface area (Å²) in [7, 11) is 0. The second-order valence-electron chi connectivity index (χ2n) is 7.95. The average Bonchev–Trinajstić information content (AvgIpc) is 2.59. The van der Waals surface area contributed by atoms with Gasteiger partial charge in [0.05, 0.1) is 0 Å². The molecule has 0 radical (unpaired) electrons. The molecule has 1 atom stereocenters. The maximum Gasteiger partial charge on any atom is 0.00343 e. The van der Waals surface area contributed by atoms with Crippen LogP contribution in [-0.2, 0) is 11.8 Å². The van der Waals surface area contributed by atoms with E-state index in [4.69, 9.17) is 24.1 Å². The van der Waals surface area contributed by atoms with Crippen LogP contribution >= 0.6 is 17.5 Å². The Morgan fingerprint density at radius 3 is 1.04 bits per heavy atom. The third kappa shape index (κ3) is 21.2. The van der Waals surface area contributed by atoms with Crippen LogP contribution in [0.15, 0.2) is 0 Å². The Morgan fingerprint density at radius 1 is 0.480 bits per heavy atom. The van der Waals surface area contributed by atoms with E-state index in [2.05, 4.69) is 13.8 Å². The van der Waals surface area contributed by atoms with E-state index >= 15 is 0 Å². The largest absolute Gasteiger partial charge is 0.141 e. The summed E-state index contributed by atoms with van der Waals surface area (Å²) >= 11 is 10.6. The highest BCUT2D eigenvalue weighted by molar-refractivity contribution is 8.63. The van der Waals surface area contributed by atoms with Gasteiger partial charge in [0.25, 0.3) is 0 Å². The molecule has 152 valence electrons. The maximum atomic E-state index is 5.76. The predicted molar refractivity (Wildman–Crippen MR) is 127 cm³/mol. The van der Waals surface area contributed by atoms with E-state index in [9.17, 15) is 0 Å². The van der Waals surface area contributed by atoms with Gasteiger partial charge in [-0.1, -0.05) is 128 Å². The molecule has 0 aliphatic heterocycles. The summed E-state index contributed by atoms with van der Waals surface area (Å²) in [5.74, 6) is 0. The zero-order valence-electron chi connectivity index (χ0n) is 17.4. The van der Waals surface area contributed by atoms with Crippen molar-refractivity contribution in [2.45, 2.75) is 129 Å². The fraction of sp³-hybridized carbons (Fsp3) is 1.00. The third-order valence-corrected chi connectivity index (χ3v) is 9.55. The van der Waals surface area contributed by atoms with Crippen molar-refractivity contribution in [3.63, 3.8) is 0 Å². The summed E-state index contributed by atoms with van der Waals surface area (Å²) in [6.07, 6.45) is 27.8. The minimum atomic E-state index is -1.29. The fourth-order valence-corrected chi connectivity index (χ4v) is 6.73. The zero-order valence-corrected chi connectivity index (χ0v) is 20.1. The van der Waals surface area contributed by atoms with Crippen molar-refractivity contribution >= 4 is 29.3 Å². The smallest absolute Gasteiger partial charge is 0.00343 e. The highest BCUT2D eigenvalue weighted by atomic mass is 32.9. The first-order valence-electron chi connectivity index (χ1n) is 11.4. The Bertz CT molecular complexity index is 304. The number of thiol groups is 1. The molecular formula is C22H47PS2. The molecule has 0 nitrogen and oxygen atoms in total. The van der Waals surface area contributed by atoms with E-state index < -0.39 is 5.24 Å². The van der Waals surface area contributed by atoms with Crippen molar-refractivity contribution in [1.82, 2.24) is 0 Å². The van der Waals surface area contributed by atoms with Gasteiger partial charge >= 0.3 is 0 Å². The SMILES string of the molecule is CCCCCCCCCCCCCCCCP(=S)(S)CCCCCC. The van der Waals surface area contributed by atoms with Gasteiger partial charge in [-0.2, -0.15) is 0 Å². The monoisotopic (exact) mass is 406 g/mol. The minimum absolute atomic E-state index is 1.23. The van der Waals surface area contributed by atoms with Crippen molar-refractivity contribution in [3.05, 3.63) is 0 Å². The topological polar surface area (TPSA) is 0 Å². The van der Waals surface area contributed by atoms with E-state index in [-0.39, 0.29) is 0 Å². The van der Waals surface area contributed by atoms with Gasteiger partial charge in [-0.3, -0.25) is 0 Å². The molecule has 0 amide bonds. The van der Waals surface area contributed by atoms with Crippen molar-refractivity contribution in [3.8, 4) is 0 Å². The molecule has 0 fully saturated rings. The lowest BCUT2D eigenvalue weighted by Crippen LogP contribution is -1.91. The van der Waals surface area contributed by atoms with Crippen LogP contribution in [0.2, 0.25) is 0 Å². The van der Waals surface area contributed by atoms with Crippen LogP contribution in [-0.4, -0.2) is 12.3 Å². The summed E-state index contributed by atoms with van der Waals surface area (Å²) in [4.78, 5) is 0. The minimum Gasteiger partial charge on any atom is -0.141 e. The fourth-order valence-electron chi connectivity index (χ4n) is 3.45. The zero-order chi connectivity index (χ0) is 18.6. The van der Waals surface area contributed by atoms with Gasteiger partial charge < -0.3 is 0 Å². The molecule has 0 aromatic carbocycles. The lowest BCUT2D eigenvalue weighted by Gasteiger charge is -2.15. The summed E-state index contributed by atoms with van der Waals surface area (Å²) in [5.41, 5.74) is 0. The normalized spacial score (nSPS) is 13.9. The van der Waals surface area contributed by atoms with Crippen LogP contribution in [0.1, 0.15) is 129 Å². The van der Waals surface area contributed by atoms with Gasteiger partial charge in [-0.15, -0.1) is 12.2 Å². The highest BCUT2D eigenvalue weighted by Gasteiger charge is 2.10. The van der Waals surface area contributed by atoms with Gasteiger partial charge in [0.15, 0.2) is 0 Å². The van der Waals surface area contributed by atoms with E-state index in [0.717, 1.165) is 0 Å². The lowest BCUT2D eigenvalue weighted by atomic mass is 10.0. The Labute approximate surface area is 170 Å². The van der Waals surface area contributed by atoms with E-state index in [1.165, 1.54) is 128 Å². The molecule has 0 saturated carbocycles. The van der Waals surface area contributed by atoms with Crippen LogP contribution in [0.25, 0.3) is 0 Å². The van der Waals surface area contributed by atoms with Crippen LogP contribution < -0.4 is 0 Å². The summed E-state index contributed by atoms with van der Waals surface area (Å²) in [6, 6.07) is 0. The molecule has 0 N–H and O–H groups in total. The van der Waals surface area contributed by atoms with Crippen molar-refractivity contribution in [2.75, 3.05) is 12.3 Å². The van der Waals surface area contributed by atoms with Gasteiger partial charge in [0.2, 0.25) is 0 Å². The molecule has 0 spiro atoms. The molecule has 1 unspecified atom stereocenters. The predicted octanol–water partition coefficient (Wildman–Crippen LogP) is 9.37. The summed E-state index contributed by atoms with van der Waals surface area (Å²) in [5, 5.41) is -1.29. The van der Waals surface area contributed by atoms with Gasteiger partial charge in [-0.05, 0) is 25.2 Å². The van der Waals surface area contributed by atoms with E-state index in [1.807, 2.05) is 0 Å². The summed E-state index contributed by atoms with van der Waals surface area (Å²) in [6.45, 7) is 4.56. The molecule has 0 saturated heterocycles. The second-order valence-corrected chi connectivity index (χ2v) is 15.7. The van der Waals surface area contributed by atoms with Crippen molar-refractivity contribution < 1.29 is 0 Å². The molecule has 0 aromatic heterocycles. The second kappa shape index (κ2) is 19.8. The van der Waals surface area contributed by atoms with E-state index in [1.54, 1.807) is 0 Å². The Morgan fingerprint density at radius 2 is 0.720 bits per heavy atom. The molecule has 25 heavy (non-hydrogen) atoms. The Balaban J connectivity index is 3.23. The van der Waals surface area contributed by atoms with Crippen LogP contribution in [0.4, 0.5) is 0 Å². The molecule has 0 bridgehead atoms.